The standard InChI is InChI=1S/2C29H43O4P.Al.H2O/c2*1-26(2,3)20-16-22(28(7,8)9)24-14-18(20)13-19-15-25(33-34(30,31)32-24)23(29(10,11)12)17-21(19)27(4,5)6;;/h2*14-17H,13H2,1-12H3,(H,30,31);;1H2/q;;+2;/p-2. The minimum Gasteiger partial charge on any atom is -0.412 e. The number of fused-ring (bicyclic) bond motifs is 8. The average molecular weight is 1020 g/mol. The van der Waals surface area contributed by atoms with E-state index >= 15 is 9.13 Å². The number of hydrogen-bond acceptors (Lipinski definition) is 8. The van der Waals surface area contributed by atoms with Crippen molar-refractivity contribution in [1.82, 2.24) is 0 Å². The van der Waals surface area contributed by atoms with Crippen molar-refractivity contribution in [1.29, 1.82) is 0 Å². The van der Waals surface area contributed by atoms with Crippen molar-refractivity contribution in [2.45, 2.75) is 222 Å². The van der Waals surface area contributed by atoms with Gasteiger partial charge >= 0.3 is 31.5 Å². The summed E-state index contributed by atoms with van der Waals surface area (Å²) in [4.78, 5) is 0. The van der Waals surface area contributed by atoms with Gasteiger partial charge in [0.25, 0.3) is 0 Å². The molecule has 12 heteroatoms. The summed E-state index contributed by atoms with van der Waals surface area (Å²) in [6.07, 6.45) is 1.23. The first-order chi connectivity index (χ1) is 30.9. The molecule has 0 atom stereocenters. The van der Waals surface area contributed by atoms with Gasteiger partial charge in [-0.05, 0) is 125 Å². The molecule has 0 saturated heterocycles. The Hall–Kier alpha value is -3.05. The second-order valence-electron chi connectivity index (χ2n) is 27.9. The molecule has 0 aromatic heterocycles. The predicted molar refractivity (Wildman–Crippen MR) is 290 cm³/mol. The Bertz CT molecular complexity index is 2370. The highest BCUT2D eigenvalue weighted by Gasteiger charge is 2.43. The maximum atomic E-state index is 15.8. The van der Waals surface area contributed by atoms with Crippen molar-refractivity contribution in [2.24, 2.45) is 0 Å². The lowest BCUT2D eigenvalue weighted by Crippen LogP contribution is -2.24. The lowest BCUT2D eigenvalue weighted by molar-refractivity contribution is 0.260. The van der Waals surface area contributed by atoms with Gasteiger partial charge in [-0.2, -0.15) is 0 Å². The predicted octanol–water partition coefficient (Wildman–Crippen LogP) is 16.4. The second kappa shape index (κ2) is 18.7. The van der Waals surface area contributed by atoms with Crippen molar-refractivity contribution in [3.8, 4) is 23.0 Å². The molecule has 0 amide bonds. The van der Waals surface area contributed by atoms with Crippen LogP contribution in [0.25, 0.3) is 0 Å². The van der Waals surface area contributed by atoms with Gasteiger partial charge < -0.3 is 30.7 Å². The van der Waals surface area contributed by atoms with Gasteiger partial charge in [-0.15, -0.1) is 0 Å². The van der Waals surface area contributed by atoms with Crippen LogP contribution in [0.15, 0.2) is 48.5 Å². The number of phosphoric acid groups is 2. The summed E-state index contributed by atoms with van der Waals surface area (Å²) in [5.74, 6) is 1.59. The van der Waals surface area contributed by atoms with Gasteiger partial charge in [-0.3, -0.25) is 0 Å². The van der Waals surface area contributed by atoms with Crippen LogP contribution in [0.5, 0.6) is 23.0 Å². The van der Waals surface area contributed by atoms with Crippen LogP contribution in [-0.4, -0.2) is 21.4 Å². The summed E-state index contributed by atoms with van der Waals surface area (Å²) in [5.41, 5.74) is 9.84. The van der Waals surface area contributed by atoms with Crippen LogP contribution in [0.2, 0.25) is 0 Å². The molecule has 6 rings (SSSR count). The van der Waals surface area contributed by atoms with Crippen LogP contribution in [0.1, 0.15) is 233 Å². The minimum atomic E-state index is -4.65. The fourth-order valence-electron chi connectivity index (χ4n) is 9.65. The first kappa shape index (κ1) is 57.8. The molecule has 70 heavy (non-hydrogen) atoms. The van der Waals surface area contributed by atoms with Gasteiger partial charge in [0.2, 0.25) is 0 Å². The zero-order valence-electron chi connectivity index (χ0n) is 47.3. The average Bonchev–Trinajstić information content (AvgIpc) is 3.10. The van der Waals surface area contributed by atoms with E-state index in [0.717, 1.165) is 44.5 Å². The SMILES string of the molecule is CC(C)(C)c1cc(C(C)(C)C)c2cc1Cc1cc(c(C(C)(C)C)cc1C(C)(C)C)OP(=O)([O][Al][O]P1(=O)Oc3cc(c(C(C)(C)C)cc3C(C)(C)C)Cc3cc(c(C(C)(C)C)cc3C(C)(C)C)O1)O2.O. The molecule has 2 N–H and O–H groups in total. The summed E-state index contributed by atoms with van der Waals surface area (Å²) in [6.45, 7) is 52.0. The maximum absolute atomic E-state index is 15.8. The molecule has 2 aliphatic rings. The lowest BCUT2D eigenvalue weighted by atomic mass is 9.74. The third-order valence-corrected chi connectivity index (χ3v) is 17.7. The van der Waals surface area contributed by atoms with Crippen molar-refractivity contribution >= 4 is 31.5 Å². The Labute approximate surface area is 429 Å². The minimum absolute atomic E-state index is 0. The van der Waals surface area contributed by atoms with E-state index in [1.807, 2.05) is 24.3 Å². The molecule has 0 fully saturated rings. The summed E-state index contributed by atoms with van der Waals surface area (Å²) in [6, 6.07) is 16.8. The van der Waals surface area contributed by atoms with Crippen molar-refractivity contribution in [2.75, 3.05) is 0 Å². The summed E-state index contributed by atoms with van der Waals surface area (Å²) >= 11 is -1.88. The van der Waals surface area contributed by atoms with Gasteiger partial charge in [-0.1, -0.05) is 190 Å². The van der Waals surface area contributed by atoms with E-state index in [1.54, 1.807) is 0 Å². The van der Waals surface area contributed by atoms with Crippen LogP contribution >= 0.6 is 15.6 Å². The van der Waals surface area contributed by atoms with Gasteiger partial charge in [0, 0.05) is 22.3 Å². The monoisotopic (exact) mass is 1020 g/mol. The Balaban J connectivity index is 0.00000913. The molecule has 0 saturated carbocycles. The quantitative estimate of drug-likeness (QED) is 0.146. The molecular weight excluding hydrogens is 930 g/mol. The highest BCUT2D eigenvalue weighted by molar-refractivity contribution is 7.52. The topological polar surface area (TPSA) is 121 Å². The fraction of sp³-hybridized carbons (Fsp3) is 0.586. The lowest BCUT2D eigenvalue weighted by Gasteiger charge is -2.35. The number of hydrogen-bond donors (Lipinski definition) is 0. The van der Waals surface area contributed by atoms with E-state index in [1.165, 1.54) is 22.3 Å². The van der Waals surface area contributed by atoms with Crippen LogP contribution < -0.4 is 18.1 Å². The van der Waals surface area contributed by atoms with Crippen LogP contribution in [0.4, 0.5) is 0 Å². The third kappa shape index (κ3) is 12.6. The fourth-order valence-corrected chi connectivity index (χ4v) is 13.3. The molecule has 2 aliphatic heterocycles. The Morgan fingerprint density at radius 1 is 0.329 bits per heavy atom. The molecule has 9 nitrogen and oxygen atoms in total. The maximum Gasteiger partial charge on any atom is 0.689 e. The van der Waals surface area contributed by atoms with E-state index in [9.17, 15) is 0 Å². The Morgan fingerprint density at radius 2 is 0.500 bits per heavy atom. The molecule has 385 valence electrons. The Morgan fingerprint density at radius 3 is 0.657 bits per heavy atom. The van der Waals surface area contributed by atoms with Crippen molar-refractivity contribution in [3.63, 3.8) is 0 Å². The summed E-state index contributed by atoms with van der Waals surface area (Å²) in [5, 5.41) is 0. The van der Waals surface area contributed by atoms with Crippen LogP contribution in [0, 0.1) is 0 Å². The van der Waals surface area contributed by atoms with E-state index in [0.29, 0.717) is 35.8 Å². The smallest absolute Gasteiger partial charge is 0.412 e. The van der Waals surface area contributed by atoms with Crippen LogP contribution in [0.3, 0.4) is 0 Å². The summed E-state index contributed by atoms with van der Waals surface area (Å²) in [7, 11) is -9.31. The number of phosphoric ester groups is 2. The van der Waals surface area contributed by atoms with E-state index in [4.69, 9.17) is 25.2 Å². The Kier molecular flexibility index (Phi) is 15.5. The van der Waals surface area contributed by atoms with Gasteiger partial charge in [-0.25, -0.2) is 9.13 Å². The molecule has 8 bridgehead atoms. The van der Waals surface area contributed by atoms with Gasteiger partial charge in [0.05, 0.1) is 0 Å². The van der Waals surface area contributed by atoms with E-state index in [2.05, 4.69) is 190 Å². The number of benzene rings is 4. The van der Waals surface area contributed by atoms with Crippen LogP contribution in [-0.2, 0) is 72.4 Å². The zero-order valence-corrected chi connectivity index (χ0v) is 50.2. The number of rotatable bonds is 4. The molecular formula is C58H86AlO9P2. The summed E-state index contributed by atoms with van der Waals surface area (Å²) < 4.78 is 71.1. The van der Waals surface area contributed by atoms with Gasteiger partial charge in [0.15, 0.2) is 0 Å². The molecule has 0 spiro atoms. The van der Waals surface area contributed by atoms with E-state index < -0.39 is 53.2 Å². The third-order valence-electron chi connectivity index (χ3n) is 13.2. The zero-order chi connectivity index (χ0) is 52.3. The normalized spacial score (nSPS) is 16.4. The molecule has 1 radical (unpaired) electrons. The van der Waals surface area contributed by atoms with E-state index in [-0.39, 0.29) is 27.1 Å². The van der Waals surface area contributed by atoms with Gasteiger partial charge in [0.1, 0.15) is 23.0 Å². The highest BCUT2D eigenvalue weighted by Crippen LogP contribution is 2.59. The first-order valence-electron chi connectivity index (χ1n) is 24.8. The second-order valence-corrected chi connectivity index (χ2v) is 32.3. The van der Waals surface area contributed by atoms with Crippen molar-refractivity contribution < 1.29 is 39.9 Å². The molecule has 2 heterocycles. The largest absolute Gasteiger partial charge is 0.689 e. The van der Waals surface area contributed by atoms with Crippen molar-refractivity contribution in [3.05, 3.63) is 115 Å². The molecule has 4 aromatic carbocycles. The highest BCUT2D eigenvalue weighted by atomic mass is 31.2. The molecule has 0 aliphatic carbocycles. The molecule has 4 aromatic rings. The molecule has 0 unspecified atom stereocenters. The first-order valence-corrected chi connectivity index (χ1v) is 28.6.